The lowest BCUT2D eigenvalue weighted by Crippen LogP contribution is -2.19. The zero-order valence-electron chi connectivity index (χ0n) is 18.6. The molecule has 1 heterocycles. The molecule has 5 nitrogen and oxygen atoms in total. The topological polar surface area (TPSA) is 68.4 Å². The quantitative estimate of drug-likeness (QED) is 0.234. The van der Waals surface area contributed by atoms with Crippen molar-refractivity contribution in [2.45, 2.75) is 31.1 Å². The van der Waals surface area contributed by atoms with Crippen LogP contribution in [0.1, 0.15) is 26.3 Å². The molecule has 0 radical (unpaired) electrons. The van der Waals surface area contributed by atoms with Crippen LogP contribution in [0.15, 0.2) is 53.3 Å². The zero-order valence-corrected chi connectivity index (χ0v) is 20.7. The van der Waals surface area contributed by atoms with E-state index in [0.29, 0.717) is 39.4 Å². The van der Waals surface area contributed by atoms with E-state index in [9.17, 15) is 9.59 Å². The number of hydrogen-bond acceptors (Lipinski definition) is 4. The van der Waals surface area contributed by atoms with Crippen molar-refractivity contribution in [2.75, 3.05) is 13.2 Å². The summed E-state index contributed by atoms with van der Waals surface area (Å²) < 4.78 is 11.9. The van der Waals surface area contributed by atoms with Crippen molar-refractivity contribution < 1.29 is 14.3 Å². The number of halogens is 1. The van der Waals surface area contributed by atoms with Crippen LogP contribution < -0.4 is 10.3 Å². The van der Waals surface area contributed by atoms with Gasteiger partial charge in [-0.1, -0.05) is 66.8 Å². The van der Waals surface area contributed by atoms with E-state index < -0.39 is 5.97 Å². The van der Waals surface area contributed by atoms with Gasteiger partial charge in [0.2, 0.25) is 0 Å². The highest BCUT2D eigenvalue weighted by atomic mass is 127. The predicted octanol–water partition coefficient (Wildman–Crippen LogP) is 5.39. The summed E-state index contributed by atoms with van der Waals surface area (Å²) in [6, 6.07) is 15.4. The van der Waals surface area contributed by atoms with Gasteiger partial charge in [0.15, 0.2) is 0 Å². The van der Waals surface area contributed by atoms with Crippen LogP contribution in [0.25, 0.3) is 22.0 Å². The number of esters is 1. The number of aromatic amines is 1. The monoisotopic (exact) mass is 545 g/mol. The number of rotatable bonds is 8. The number of pyridine rings is 1. The highest BCUT2D eigenvalue weighted by molar-refractivity contribution is 14.1. The maximum Gasteiger partial charge on any atom is 0.310 e. The SMILES string of the molecule is CCOC(=O)Cc1c(-c2ccccc2)c2cc(OC[C@@H]3C(C)[C@@H]3C(C)I)ccc2[nH]c1=O. The molecule has 1 saturated carbocycles. The van der Waals surface area contributed by atoms with Crippen LogP contribution in [0, 0.1) is 17.8 Å². The largest absolute Gasteiger partial charge is 0.493 e. The van der Waals surface area contributed by atoms with Gasteiger partial charge < -0.3 is 14.5 Å². The van der Waals surface area contributed by atoms with Crippen LogP contribution in [-0.2, 0) is 16.0 Å². The summed E-state index contributed by atoms with van der Waals surface area (Å²) in [6.45, 7) is 7.26. The van der Waals surface area contributed by atoms with Gasteiger partial charge in [-0.15, -0.1) is 0 Å². The molecule has 0 amide bonds. The van der Waals surface area contributed by atoms with Crippen molar-refractivity contribution in [3.8, 4) is 16.9 Å². The number of fused-ring (bicyclic) bond motifs is 1. The molecule has 1 aromatic heterocycles. The molecular weight excluding hydrogens is 517 g/mol. The number of benzene rings is 2. The first-order chi connectivity index (χ1) is 15.4. The number of hydrogen-bond donors (Lipinski definition) is 1. The Morgan fingerprint density at radius 2 is 1.94 bits per heavy atom. The second kappa shape index (κ2) is 9.65. The molecule has 3 aromatic rings. The van der Waals surface area contributed by atoms with E-state index in [-0.39, 0.29) is 18.6 Å². The van der Waals surface area contributed by atoms with Gasteiger partial charge in [-0.2, -0.15) is 0 Å². The second-order valence-corrected chi connectivity index (χ2v) is 10.4. The molecular formula is C26H28INO4. The van der Waals surface area contributed by atoms with E-state index in [4.69, 9.17) is 9.47 Å². The number of carbonyl (C=O) groups is 1. The molecule has 2 unspecified atom stereocenters. The van der Waals surface area contributed by atoms with Crippen molar-refractivity contribution in [1.82, 2.24) is 4.98 Å². The highest BCUT2D eigenvalue weighted by Crippen LogP contribution is 2.50. The maximum absolute atomic E-state index is 12.9. The first-order valence-corrected chi connectivity index (χ1v) is 12.3. The number of H-pyrrole nitrogens is 1. The van der Waals surface area contributed by atoms with Gasteiger partial charge in [-0.05, 0) is 48.4 Å². The zero-order chi connectivity index (χ0) is 22.8. The summed E-state index contributed by atoms with van der Waals surface area (Å²) in [5, 5.41) is 0.857. The molecule has 0 bridgehead atoms. The Balaban J connectivity index is 1.74. The fourth-order valence-electron chi connectivity index (χ4n) is 4.66. The van der Waals surface area contributed by atoms with Gasteiger partial charge in [0.05, 0.1) is 19.6 Å². The molecule has 0 aliphatic heterocycles. The molecule has 32 heavy (non-hydrogen) atoms. The van der Waals surface area contributed by atoms with Crippen LogP contribution in [-0.4, -0.2) is 28.1 Å². The van der Waals surface area contributed by atoms with Gasteiger partial charge in [-0.25, -0.2) is 0 Å². The van der Waals surface area contributed by atoms with Crippen molar-refractivity contribution in [2.24, 2.45) is 17.8 Å². The Morgan fingerprint density at radius 3 is 2.59 bits per heavy atom. The summed E-state index contributed by atoms with van der Waals surface area (Å²) in [6.07, 6.45) is -0.0801. The summed E-state index contributed by atoms with van der Waals surface area (Å²) in [7, 11) is 0. The summed E-state index contributed by atoms with van der Waals surface area (Å²) in [5.41, 5.74) is 2.49. The highest BCUT2D eigenvalue weighted by Gasteiger charge is 2.49. The average molecular weight is 545 g/mol. The lowest BCUT2D eigenvalue weighted by Gasteiger charge is -2.14. The Kier molecular flexibility index (Phi) is 6.88. The standard InChI is InChI=1S/C26H28INO4/c1-4-31-23(29)13-20-25(17-8-6-5-7-9-17)19-12-18(10-11-22(19)28-26(20)30)32-14-21-15(2)24(21)16(3)27/h5-12,15-16,21,24H,4,13-14H2,1-3H3,(H,28,30)/t15?,16?,21-,24-/m1/s1. The first-order valence-electron chi connectivity index (χ1n) is 11.1. The van der Waals surface area contributed by atoms with E-state index in [1.807, 2.05) is 48.5 Å². The lowest BCUT2D eigenvalue weighted by molar-refractivity contribution is -0.142. The maximum atomic E-state index is 12.9. The lowest BCUT2D eigenvalue weighted by atomic mass is 9.94. The molecule has 1 fully saturated rings. The molecule has 1 aliphatic carbocycles. The number of nitrogens with one attached hydrogen (secondary N) is 1. The smallest absolute Gasteiger partial charge is 0.310 e. The number of aromatic nitrogens is 1. The minimum atomic E-state index is -0.413. The third-order valence-corrected chi connectivity index (χ3v) is 7.21. The Bertz CT molecular complexity index is 1170. The Morgan fingerprint density at radius 1 is 1.19 bits per heavy atom. The molecule has 0 saturated heterocycles. The summed E-state index contributed by atoms with van der Waals surface area (Å²) in [5.74, 6) is 2.30. The van der Waals surface area contributed by atoms with Crippen molar-refractivity contribution in [3.05, 3.63) is 64.4 Å². The van der Waals surface area contributed by atoms with Crippen LogP contribution in [0.2, 0.25) is 0 Å². The Labute approximate surface area is 201 Å². The third-order valence-electron chi connectivity index (χ3n) is 6.38. The number of carbonyl (C=O) groups excluding carboxylic acids is 1. The predicted molar refractivity (Wildman–Crippen MR) is 135 cm³/mol. The minimum absolute atomic E-state index is 0.0801. The van der Waals surface area contributed by atoms with Gasteiger partial charge in [0, 0.05) is 26.0 Å². The Hall–Kier alpha value is -2.35. The second-order valence-electron chi connectivity index (χ2n) is 8.45. The van der Waals surface area contributed by atoms with Crippen molar-refractivity contribution >= 4 is 39.5 Å². The van der Waals surface area contributed by atoms with Crippen LogP contribution in [0.3, 0.4) is 0 Å². The molecule has 0 spiro atoms. The van der Waals surface area contributed by atoms with E-state index >= 15 is 0 Å². The van der Waals surface area contributed by atoms with Crippen molar-refractivity contribution in [1.29, 1.82) is 0 Å². The van der Waals surface area contributed by atoms with Gasteiger partial charge in [-0.3, -0.25) is 9.59 Å². The number of alkyl halides is 1. The summed E-state index contributed by atoms with van der Waals surface area (Å²) in [4.78, 5) is 28.1. The van der Waals surface area contributed by atoms with Gasteiger partial charge in [0.1, 0.15) is 5.75 Å². The normalized spacial score (nSPS) is 20.7. The first kappa shape index (κ1) is 22.8. The van der Waals surface area contributed by atoms with Crippen LogP contribution in [0.5, 0.6) is 5.75 Å². The van der Waals surface area contributed by atoms with Gasteiger partial charge in [0.25, 0.3) is 5.56 Å². The summed E-state index contributed by atoms with van der Waals surface area (Å²) >= 11 is 2.50. The fourth-order valence-corrected chi connectivity index (χ4v) is 5.84. The van der Waals surface area contributed by atoms with Crippen LogP contribution in [0.4, 0.5) is 0 Å². The minimum Gasteiger partial charge on any atom is -0.493 e. The van der Waals surface area contributed by atoms with Crippen molar-refractivity contribution in [3.63, 3.8) is 0 Å². The number of ether oxygens (including phenoxy) is 2. The molecule has 1 N–H and O–H groups in total. The van der Waals surface area contributed by atoms with E-state index in [2.05, 4.69) is 41.4 Å². The average Bonchev–Trinajstić information content (AvgIpc) is 3.43. The van der Waals surface area contributed by atoms with E-state index in [0.717, 1.165) is 22.3 Å². The molecule has 1 aliphatic rings. The third kappa shape index (κ3) is 4.70. The van der Waals surface area contributed by atoms with Crippen LogP contribution >= 0.6 is 22.6 Å². The van der Waals surface area contributed by atoms with E-state index in [1.54, 1.807) is 6.92 Å². The van der Waals surface area contributed by atoms with Gasteiger partial charge >= 0.3 is 5.97 Å². The molecule has 6 heteroatoms. The van der Waals surface area contributed by atoms with E-state index in [1.165, 1.54) is 0 Å². The molecule has 168 valence electrons. The fraction of sp³-hybridized carbons (Fsp3) is 0.385. The molecule has 2 aromatic carbocycles. The molecule has 4 rings (SSSR count). The molecule has 4 atom stereocenters.